The quantitative estimate of drug-likeness (QED) is 0.692. The molecule has 1 aliphatic heterocycles. The first kappa shape index (κ1) is 21.1. The van der Waals surface area contributed by atoms with E-state index in [0.717, 1.165) is 0 Å². The summed E-state index contributed by atoms with van der Waals surface area (Å²) in [7, 11) is -3.19. The molecule has 0 aromatic heterocycles. The number of rotatable bonds is 7. The van der Waals surface area contributed by atoms with Gasteiger partial charge in [0, 0.05) is 19.1 Å². The predicted molar refractivity (Wildman–Crippen MR) is 101 cm³/mol. The molecule has 6 nitrogen and oxygen atoms in total. The molecule has 26 heavy (non-hydrogen) atoms. The Bertz CT molecular complexity index is 736. The van der Waals surface area contributed by atoms with Crippen LogP contribution in [-0.4, -0.2) is 49.6 Å². The van der Waals surface area contributed by atoms with Crippen molar-refractivity contribution in [3.63, 3.8) is 0 Å². The molecule has 1 saturated heterocycles. The van der Waals surface area contributed by atoms with Gasteiger partial charge in [-0.2, -0.15) is 0 Å². The fourth-order valence-electron chi connectivity index (χ4n) is 2.80. The third kappa shape index (κ3) is 5.65. The van der Waals surface area contributed by atoms with Crippen molar-refractivity contribution < 1.29 is 22.3 Å². The monoisotopic (exact) mass is 450 g/mol. The SMILES string of the molecule is CCCS(=O)(=O)N1CCC(NC(=O)C(C)Oc2ccc(F)cc2Br)CC1. The average molecular weight is 451 g/mol. The summed E-state index contributed by atoms with van der Waals surface area (Å²) < 4.78 is 44.8. The highest BCUT2D eigenvalue weighted by atomic mass is 79.9. The third-order valence-electron chi connectivity index (χ3n) is 4.22. The molecule has 0 saturated carbocycles. The van der Waals surface area contributed by atoms with Crippen molar-refractivity contribution in [1.29, 1.82) is 0 Å². The summed E-state index contributed by atoms with van der Waals surface area (Å²) in [4.78, 5) is 12.3. The van der Waals surface area contributed by atoms with Crippen LogP contribution < -0.4 is 10.1 Å². The zero-order valence-corrected chi connectivity index (χ0v) is 17.3. The number of nitrogens with zero attached hydrogens (tertiary/aromatic N) is 1. The van der Waals surface area contributed by atoms with Gasteiger partial charge in [0.2, 0.25) is 10.0 Å². The fourth-order valence-corrected chi connectivity index (χ4v) is 4.78. The van der Waals surface area contributed by atoms with Crippen LogP contribution in [0.25, 0.3) is 0 Å². The molecule has 1 fully saturated rings. The van der Waals surface area contributed by atoms with E-state index in [1.807, 2.05) is 6.92 Å². The largest absolute Gasteiger partial charge is 0.480 e. The topological polar surface area (TPSA) is 75.7 Å². The number of carbonyl (C=O) groups excluding carboxylic acids is 1. The molecule has 2 rings (SSSR count). The van der Waals surface area contributed by atoms with Gasteiger partial charge < -0.3 is 10.1 Å². The van der Waals surface area contributed by atoms with Gasteiger partial charge >= 0.3 is 0 Å². The first-order valence-electron chi connectivity index (χ1n) is 8.63. The molecule has 1 aromatic rings. The lowest BCUT2D eigenvalue weighted by Gasteiger charge is -2.32. The molecule has 1 atom stereocenters. The number of hydrogen-bond acceptors (Lipinski definition) is 4. The molecule has 1 heterocycles. The normalized spacial score (nSPS) is 17.7. The number of hydrogen-bond donors (Lipinski definition) is 1. The van der Waals surface area contributed by atoms with Crippen LogP contribution in [-0.2, 0) is 14.8 Å². The van der Waals surface area contributed by atoms with E-state index in [1.165, 1.54) is 22.5 Å². The van der Waals surface area contributed by atoms with Crippen molar-refractivity contribution in [3.8, 4) is 5.75 Å². The molecule has 1 aliphatic rings. The number of piperidine rings is 1. The van der Waals surface area contributed by atoms with E-state index in [2.05, 4.69) is 21.2 Å². The van der Waals surface area contributed by atoms with Crippen molar-refractivity contribution >= 4 is 31.9 Å². The van der Waals surface area contributed by atoms with Gasteiger partial charge in [0.25, 0.3) is 5.91 Å². The van der Waals surface area contributed by atoms with Crippen molar-refractivity contribution in [2.75, 3.05) is 18.8 Å². The number of ether oxygens (including phenoxy) is 1. The molecular formula is C17H24BrFN2O4S. The Balaban J connectivity index is 1.84. The van der Waals surface area contributed by atoms with Crippen LogP contribution in [0.2, 0.25) is 0 Å². The molecular weight excluding hydrogens is 427 g/mol. The first-order valence-corrected chi connectivity index (χ1v) is 11.0. The summed E-state index contributed by atoms with van der Waals surface area (Å²) in [5.74, 6) is -0.140. The van der Waals surface area contributed by atoms with Crippen LogP contribution in [0.4, 0.5) is 4.39 Å². The van der Waals surface area contributed by atoms with Crippen molar-refractivity contribution in [3.05, 3.63) is 28.5 Å². The van der Waals surface area contributed by atoms with Gasteiger partial charge in [0.15, 0.2) is 6.10 Å². The average Bonchev–Trinajstić information content (AvgIpc) is 2.57. The maximum absolute atomic E-state index is 13.1. The summed E-state index contributed by atoms with van der Waals surface area (Å²) in [6.45, 7) is 4.27. The van der Waals surface area contributed by atoms with E-state index in [4.69, 9.17) is 4.74 Å². The van der Waals surface area contributed by atoms with Gasteiger partial charge in [-0.25, -0.2) is 17.1 Å². The second-order valence-electron chi connectivity index (χ2n) is 6.33. The highest BCUT2D eigenvalue weighted by molar-refractivity contribution is 9.10. The Morgan fingerprint density at radius 1 is 1.42 bits per heavy atom. The lowest BCUT2D eigenvalue weighted by Crippen LogP contribution is -2.49. The lowest BCUT2D eigenvalue weighted by atomic mass is 10.1. The van der Waals surface area contributed by atoms with E-state index in [-0.39, 0.29) is 17.7 Å². The van der Waals surface area contributed by atoms with Crippen LogP contribution in [0, 0.1) is 5.82 Å². The Labute approximate surface area is 162 Å². The molecule has 1 amide bonds. The molecule has 146 valence electrons. The highest BCUT2D eigenvalue weighted by Gasteiger charge is 2.29. The zero-order valence-electron chi connectivity index (χ0n) is 14.9. The molecule has 0 bridgehead atoms. The van der Waals surface area contributed by atoms with Crippen molar-refractivity contribution in [2.24, 2.45) is 0 Å². The number of carbonyl (C=O) groups is 1. The summed E-state index contributed by atoms with van der Waals surface area (Å²) in [6.07, 6.45) is 0.981. The Hall–Kier alpha value is -1.19. The number of amides is 1. The third-order valence-corrected chi connectivity index (χ3v) is 6.92. The van der Waals surface area contributed by atoms with E-state index < -0.39 is 21.9 Å². The summed E-state index contributed by atoms with van der Waals surface area (Å²) in [6, 6.07) is 3.91. The number of benzene rings is 1. The van der Waals surface area contributed by atoms with Gasteiger partial charge in [-0.15, -0.1) is 0 Å². The van der Waals surface area contributed by atoms with Crippen LogP contribution in [0.1, 0.15) is 33.1 Å². The minimum Gasteiger partial charge on any atom is -0.480 e. The van der Waals surface area contributed by atoms with Gasteiger partial charge in [-0.1, -0.05) is 6.92 Å². The molecule has 1 aromatic carbocycles. The molecule has 1 unspecified atom stereocenters. The summed E-state index contributed by atoms with van der Waals surface area (Å²) >= 11 is 3.20. The van der Waals surface area contributed by atoms with Crippen molar-refractivity contribution in [2.45, 2.75) is 45.3 Å². The molecule has 0 spiro atoms. The number of sulfonamides is 1. The molecule has 0 radical (unpaired) electrons. The van der Waals surface area contributed by atoms with Gasteiger partial charge in [-0.3, -0.25) is 4.79 Å². The van der Waals surface area contributed by atoms with Crippen molar-refractivity contribution in [1.82, 2.24) is 9.62 Å². The zero-order chi connectivity index (χ0) is 19.3. The molecule has 0 aliphatic carbocycles. The highest BCUT2D eigenvalue weighted by Crippen LogP contribution is 2.26. The first-order chi connectivity index (χ1) is 12.2. The van der Waals surface area contributed by atoms with Gasteiger partial charge in [0.05, 0.1) is 10.2 Å². The minimum atomic E-state index is -3.19. The van der Waals surface area contributed by atoms with Crippen LogP contribution in [0.3, 0.4) is 0 Å². The second kappa shape index (κ2) is 9.14. The second-order valence-corrected chi connectivity index (χ2v) is 9.28. The predicted octanol–water partition coefficient (Wildman–Crippen LogP) is 2.68. The Kier molecular flexibility index (Phi) is 7.42. The van der Waals surface area contributed by atoms with E-state index in [9.17, 15) is 17.6 Å². The van der Waals surface area contributed by atoms with E-state index in [1.54, 1.807) is 6.92 Å². The molecule has 1 N–H and O–H groups in total. The van der Waals surface area contributed by atoms with E-state index >= 15 is 0 Å². The maximum Gasteiger partial charge on any atom is 0.260 e. The number of halogens is 2. The van der Waals surface area contributed by atoms with Crippen LogP contribution in [0.5, 0.6) is 5.75 Å². The maximum atomic E-state index is 13.1. The van der Waals surface area contributed by atoms with Gasteiger partial charge in [-0.05, 0) is 60.3 Å². The summed E-state index contributed by atoms with van der Waals surface area (Å²) in [5.41, 5.74) is 0. The number of nitrogens with one attached hydrogen (secondary N) is 1. The smallest absolute Gasteiger partial charge is 0.260 e. The van der Waals surface area contributed by atoms with Crippen LogP contribution in [0.15, 0.2) is 22.7 Å². The van der Waals surface area contributed by atoms with Crippen LogP contribution >= 0.6 is 15.9 Å². The van der Waals surface area contributed by atoms with E-state index in [0.29, 0.717) is 42.6 Å². The minimum absolute atomic E-state index is 0.0849. The Morgan fingerprint density at radius 3 is 2.65 bits per heavy atom. The van der Waals surface area contributed by atoms with Gasteiger partial charge in [0.1, 0.15) is 11.6 Å². The standard InChI is InChI=1S/C17H24BrFN2O4S/c1-3-10-26(23,24)21-8-6-14(7-9-21)20-17(22)12(2)25-16-5-4-13(19)11-15(16)18/h4-5,11-12,14H,3,6-10H2,1-2H3,(H,20,22). The molecule has 9 heteroatoms. The fraction of sp³-hybridized carbons (Fsp3) is 0.588. The summed E-state index contributed by atoms with van der Waals surface area (Å²) in [5, 5.41) is 2.90. The lowest BCUT2D eigenvalue weighted by molar-refractivity contribution is -0.128. The Morgan fingerprint density at radius 2 is 2.08 bits per heavy atom.